The summed E-state index contributed by atoms with van der Waals surface area (Å²) in [5, 5.41) is 33.0. The van der Waals surface area contributed by atoms with Crippen LogP contribution in [0.15, 0.2) is 133 Å². The summed E-state index contributed by atoms with van der Waals surface area (Å²) >= 11 is 1.45. The van der Waals surface area contributed by atoms with E-state index in [2.05, 4.69) is 53.2 Å². The molecule has 0 unspecified atom stereocenters. The van der Waals surface area contributed by atoms with Gasteiger partial charge in [-0.25, -0.2) is 0 Å². The topological polar surface area (TPSA) is 448 Å². The smallest absolute Gasteiger partial charge is 0.243 e. The van der Waals surface area contributed by atoms with Gasteiger partial charge in [-0.2, -0.15) is 11.8 Å². The highest BCUT2D eigenvalue weighted by molar-refractivity contribution is 8.77. The zero-order valence-electron chi connectivity index (χ0n) is 68.0. The largest absolute Gasteiger partial charge is 0.497 e. The van der Waals surface area contributed by atoms with Crippen LogP contribution in [0, 0.1) is 0 Å². The molecule has 2 aliphatic rings. The van der Waals surface area contributed by atoms with E-state index >= 15 is 0 Å². The number of fused-ring (bicyclic) bond motifs is 2. The van der Waals surface area contributed by atoms with Crippen LogP contribution in [0.2, 0.25) is 0 Å². The van der Waals surface area contributed by atoms with E-state index in [9.17, 15) is 57.5 Å². The number of Topliss-reactive ketones (excluding diaryl/α,β-unsaturated/α-hetero) is 4. The summed E-state index contributed by atoms with van der Waals surface area (Å²) in [5.41, 5.74) is 23.4. The lowest BCUT2D eigenvalue weighted by Crippen LogP contribution is -2.63. The van der Waals surface area contributed by atoms with Gasteiger partial charge in [-0.1, -0.05) is 131 Å². The molecule has 0 aliphatic carbocycles. The Labute approximate surface area is 691 Å². The van der Waals surface area contributed by atoms with Crippen LogP contribution >= 0.6 is 33.3 Å². The number of hydrogen-bond acceptors (Lipinski definition) is 23. The number of ether oxygens (including phenoxy) is 2. The lowest BCUT2D eigenvalue weighted by atomic mass is 9.89. The molecule has 0 spiro atoms. The highest BCUT2D eigenvalue weighted by Gasteiger charge is 2.46. The zero-order valence-corrected chi connectivity index (χ0v) is 70.5. The molecule has 0 bridgehead atoms. The van der Waals surface area contributed by atoms with Crippen molar-refractivity contribution < 1.29 is 67.0 Å². The summed E-state index contributed by atoms with van der Waals surface area (Å²) in [6.07, 6.45) is 3.70. The minimum atomic E-state index is -1.32. The number of hydrogen-bond donors (Lipinski definition) is 14. The van der Waals surface area contributed by atoms with Crippen LogP contribution in [0.4, 0.5) is 0 Å². The molecular formula is C85H116N14O14S3. The van der Waals surface area contributed by atoms with Crippen LogP contribution in [0.3, 0.4) is 0 Å². The van der Waals surface area contributed by atoms with Gasteiger partial charge >= 0.3 is 0 Å². The van der Waals surface area contributed by atoms with Crippen molar-refractivity contribution in [2.75, 3.05) is 65.0 Å². The minimum Gasteiger partial charge on any atom is -0.497 e. The first-order chi connectivity index (χ1) is 55.2. The average Bonchev–Trinajstić information content (AvgIpc) is 1.35. The molecule has 6 aromatic carbocycles. The third kappa shape index (κ3) is 27.9. The molecule has 18 N–H and O–H groups in total. The van der Waals surface area contributed by atoms with Crippen LogP contribution in [-0.4, -0.2) is 204 Å². The molecule has 2 saturated heterocycles. The van der Waals surface area contributed by atoms with Crippen molar-refractivity contribution in [2.24, 2.45) is 22.9 Å². The summed E-state index contributed by atoms with van der Waals surface area (Å²) in [6, 6.07) is 33.3. The maximum Gasteiger partial charge on any atom is 0.243 e. The first-order valence-electron chi connectivity index (χ1n) is 39.1. The molecule has 628 valence electrons. The standard InChI is InChI=1S/C44H61N7O7S2.C41H55N7O7S/c1-27(52)48-37-35(53)26-47-38(43(4,5)60-59-42(37,2)3)41(57)50-33(23-28-15-18-32(58-7)19-16-28)39(55)49-34(24-29-14-17-30-12-8-9-13-31(30)22-29)40(56)51-44(6,36(54)25-46)20-10-11-21-45;1-26(49)45-32-16-19-56-25-35(44-24-36(32)50)39(53)46-33(21-27-11-14-31(55-3)15-12-27)38(52)47-34(22-28-10-13-29-8-4-5-9-30(29)20-28)40(54)48-41(2,37(51)23-43)17-6-7-18-42/h8-9,12-19,22,33-34,37-38,47H,10-11,20-21,23-26,45-46H2,1-7H3,(H,48,52)(H,49,55)(H,50,57)(H,51,56);4-5,8-15,20,32-35,44H,6-7,16-19,21-25,42-43H2,1-3H3,(H,45,49)(H,46,53)(H,47,52)(H,48,54)/t33-,34-,37+,38+,44-;32-,33-,34-,35-,41-/m00/s1. The Morgan fingerprint density at radius 1 is 0.491 bits per heavy atom. The summed E-state index contributed by atoms with van der Waals surface area (Å²) in [7, 11) is 5.88. The first-order valence-corrected chi connectivity index (χ1v) is 42.4. The lowest BCUT2D eigenvalue weighted by molar-refractivity contribution is -0.135. The van der Waals surface area contributed by atoms with Crippen LogP contribution in [0.5, 0.6) is 11.5 Å². The molecule has 8 amide bonds. The molecule has 8 rings (SSSR count). The number of carbonyl (C=O) groups excluding carboxylic acids is 12. The molecule has 0 aromatic heterocycles. The van der Waals surface area contributed by atoms with Gasteiger partial charge in [0.1, 0.15) is 47.8 Å². The normalized spacial score (nSPS) is 18.9. The van der Waals surface area contributed by atoms with Crippen molar-refractivity contribution in [3.63, 3.8) is 0 Å². The van der Waals surface area contributed by atoms with E-state index in [4.69, 9.17) is 32.4 Å². The second-order valence-electron chi connectivity index (χ2n) is 30.8. The molecule has 10 atom stereocenters. The van der Waals surface area contributed by atoms with Gasteiger partial charge in [0.25, 0.3) is 0 Å². The van der Waals surface area contributed by atoms with Crippen molar-refractivity contribution in [1.29, 1.82) is 0 Å². The molecule has 116 heavy (non-hydrogen) atoms. The molecular weight excluding hydrogens is 1540 g/mol. The van der Waals surface area contributed by atoms with Gasteiger partial charge < -0.3 is 74.9 Å². The summed E-state index contributed by atoms with van der Waals surface area (Å²) in [4.78, 5) is 163. The Balaban J connectivity index is 0.000000322. The summed E-state index contributed by atoms with van der Waals surface area (Å²) in [6.45, 7) is 13.3. The third-order valence-electron chi connectivity index (χ3n) is 20.6. The SMILES string of the molecule is COc1ccc(C[C@H](NC(=O)[C@@H]2CSCC[C@H](NC(C)=O)C(=O)CN2)C(=O)N[C@@H](Cc2ccc3ccccc3c2)C(=O)N[C@@](C)(CCCCN)C(=O)CN)cc1.COc1ccc(C[C@H](NC(=O)[C@H]2NCC(=O)[C@@H](NC(C)=O)C(C)(C)SSC2(C)C)C(=O)N[C@@H](Cc2ccc3ccccc3c2)C(=O)N[C@@](C)(CCCCN)C(=O)CN)cc1. The number of nitrogens with one attached hydrogen (secondary N) is 10. The van der Waals surface area contributed by atoms with E-state index in [0.29, 0.717) is 92.2 Å². The summed E-state index contributed by atoms with van der Waals surface area (Å²) in [5.74, 6) is -3.35. The Morgan fingerprint density at radius 3 is 1.33 bits per heavy atom. The Hall–Kier alpha value is -9.31. The number of amides is 8. The molecule has 0 saturated carbocycles. The minimum absolute atomic E-state index is 0.0416. The quantitative estimate of drug-likeness (QED) is 0.0191. The Bertz CT molecular complexity index is 4400. The molecule has 31 heteroatoms. The van der Waals surface area contributed by atoms with Crippen molar-refractivity contribution in [3.8, 4) is 11.5 Å². The number of rotatable bonds is 36. The third-order valence-corrected chi connectivity index (χ3v) is 25.9. The van der Waals surface area contributed by atoms with E-state index in [1.54, 1.807) is 76.6 Å². The second-order valence-corrected chi connectivity index (χ2v) is 35.4. The predicted octanol–water partition coefficient (Wildman–Crippen LogP) is 4.42. The van der Waals surface area contributed by atoms with E-state index in [0.717, 1.165) is 32.7 Å². The van der Waals surface area contributed by atoms with Crippen LogP contribution in [0.1, 0.15) is 123 Å². The van der Waals surface area contributed by atoms with E-state index < -0.39 is 104 Å². The molecule has 28 nitrogen and oxygen atoms in total. The number of thioether (sulfide) groups is 1. The highest BCUT2D eigenvalue weighted by Crippen LogP contribution is 2.47. The maximum atomic E-state index is 14.6. The van der Waals surface area contributed by atoms with E-state index in [1.807, 2.05) is 113 Å². The summed E-state index contributed by atoms with van der Waals surface area (Å²) < 4.78 is 9.10. The van der Waals surface area contributed by atoms with Crippen molar-refractivity contribution in [3.05, 3.63) is 156 Å². The highest BCUT2D eigenvalue weighted by atomic mass is 33.1. The molecule has 0 radical (unpaired) electrons. The van der Waals surface area contributed by atoms with Crippen LogP contribution in [0.25, 0.3) is 21.5 Å². The van der Waals surface area contributed by atoms with Crippen LogP contribution < -0.4 is 85.6 Å². The Morgan fingerprint density at radius 2 is 0.897 bits per heavy atom. The van der Waals surface area contributed by atoms with Crippen LogP contribution in [-0.2, 0) is 83.2 Å². The number of ketones is 4. The second kappa shape index (κ2) is 44.9. The first kappa shape index (κ1) is 93.8. The number of carbonyl (C=O) groups is 12. The van der Waals surface area contributed by atoms with Crippen molar-refractivity contribution in [1.82, 2.24) is 53.2 Å². The number of benzene rings is 6. The molecule has 6 aromatic rings. The van der Waals surface area contributed by atoms with Gasteiger partial charge in [-0.3, -0.25) is 68.2 Å². The monoisotopic (exact) mass is 1650 g/mol. The lowest BCUT2D eigenvalue weighted by Gasteiger charge is -2.36. The van der Waals surface area contributed by atoms with Crippen molar-refractivity contribution in [2.45, 2.75) is 195 Å². The van der Waals surface area contributed by atoms with Gasteiger partial charge in [0.2, 0.25) is 47.3 Å². The maximum absolute atomic E-state index is 14.6. The fourth-order valence-electron chi connectivity index (χ4n) is 13.7. The number of methoxy groups -OCH3 is 2. The van der Waals surface area contributed by atoms with Crippen molar-refractivity contribution >= 4 is 125 Å². The fraction of sp³-hybridized carbons (Fsp3) is 0.482. The number of unbranched alkanes of at least 4 members (excludes halogenated alkanes) is 2. The fourth-order valence-corrected chi connectivity index (χ4v) is 17.7. The van der Waals surface area contributed by atoms with Gasteiger partial charge in [0, 0.05) is 54.8 Å². The van der Waals surface area contributed by atoms with E-state index in [-0.39, 0.29) is 86.8 Å². The van der Waals surface area contributed by atoms with Gasteiger partial charge in [-0.05, 0) is 173 Å². The van der Waals surface area contributed by atoms with Gasteiger partial charge in [0.05, 0.1) is 63.6 Å². The zero-order chi connectivity index (χ0) is 84.9. The Kier molecular flexibility index (Phi) is 36.3. The number of nitrogens with two attached hydrogens (primary N) is 4. The van der Waals surface area contributed by atoms with Gasteiger partial charge in [0.15, 0.2) is 23.1 Å². The molecule has 2 heterocycles. The van der Waals surface area contributed by atoms with Gasteiger partial charge in [-0.15, -0.1) is 0 Å². The van der Waals surface area contributed by atoms with E-state index in [1.165, 1.54) is 47.2 Å². The molecule has 2 aliphatic heterocycles. The predicted molar refractivity (Wildman–Crippen MR) is 458 cm³/mol. The molecule has 2 fully saturated rings. The average molecular weight is 1650 g/mol.